The van der Waals surface area contributed by atoms with Gasteiger partial charge in [-0.05, 0) is 55.8 Å². The average Bonchev–Trinajstić information content (AvgIpc) is 3.15. The van der Waals surface area contributed by atoms with Gasteiger partial charge in [-0.15, -0.1) is 10.2 Å². The second kappa shape index (κ2) is 10.7. The zero-order valence-electron chi connectivity index (χ0n) is 16.3. The van der Waals surface area contributed by atoms with E-state index in [1.54, 1.807) is 12.1 Å². The van der Waals surface area contributed by atoms with Crippen LogP contribution in [0.25, 0.3) is 12.2 Å². The van der Waals surface area contributed by atoms with E-state index in [4.69, 9.17) is 4.74 Å². The molecule has 0 saturated heterocycles. The number of aromatic hydroxyl groups is 1. The lowest BCUT2D eigenvalue weighted by molar-refractivity contribution is 0.106. The summed E-state index contributed by atoms with van der Waals surface area (Å²) in [6, 6.07) is 14.8. The van der Waals surface area contributed by atoms with Crippen LogP contribution in [0.2, 0.25) is 0 Å². The number of hydrogen-bond acceptors (Lipinski definition) is 7. The highest BCUT2D eigenvalue weighted by atomic mass is 32.1. The smallest absolute Gasteiger partial charge is 0.140 e. The lowest BCUT2D eigenvalue weighted by atomic mass is 10.1. The monoisotopic (exact) mass is 411 g/mol. The molecule has 152 valence electrons. The molecular weight excluding hydrogens is 386 g/mol. The second-order valence-electron chi connectivity index (χ2n) is 6.62. The lowest BCUT2D eigenvalue weighted by Crippen LogP contribution is -2.32. The van der Waals surface area contributed by atoms with Gasteiger partial charge < -0.3 is 20.3 Å². The van der Waals surface area contributed by atoms with Crippen molar-refractivity contribution in [2.24, 2.45) is 0 Å². The number of aryl methyl sites for hydroxylation is 1. The summed E-state index contributed by atoms with van der Waals surface area (Å²) in [5, 5.41) is 32.6. The number of aliphatic hydroxyl groups excluding tert-OH is 1. The van der Waals surface area contributed by atoms with Gasteiger partial charge in [0.25, 0.3) is 0 Å². The summed E-state index contributed by atoms with van der Waals surface area (Å²) in [4.78, 5) is 0. The SMILES string of the molecule is Cc1nnc(/C=C\c2ccccc2OCC(O)CNCCc2ccc(O)cc2)s1. The molecule has 3 rings (SSSR count). The van der Waals surface area contributed by atoms with E-state index in [1.807, 2.05) is 55.5 Å². The molecule has 0 bridgehead atoms. The van der Waals surface area contributed by atoms with Gasteiger partial charge in [0.1, 0.15) is 34.2 Å². The third kappa shape index (κ3) is 6.98. The number of phenols is 1. The van der Waals surface area contributed by atoms with E-state index in [-0.39, 0.29) is 12.4 Å². The molecule has 0 aliphatic rings. The Balaban J connectivity index is 1.43. The van der Waals surface area contributed by atoms with Crippen LogP contribution in [0.15, 0.2) is 48.5 Å². The number of nitrogens with zero attached hydrogens (tertiary/aromatic N) is 2. The van der Waals surface area contributed by atoms with Crippen LogP contribution in [0.4, 0.5) is 0 Å². The summed E-state index contributed by atoms with van der Waals surface area (Å²) >= 11 is 1.53. The van der Waals surface area contributed by atoms with Gasteiger partial charge in [0, 0.05) is 12.1 Å². The Morgan fingerprint density at radius 2 is 1.90 bits per heavy atom. The maximum atomic E-state index is 10.2. The Kier molecular flexibility index (Phi) is 7.75. The standard InChI is InChI=1S/C22H25N3O3S/c1-16-24-25-22(29-16)11-8-18-4-2-3-5-21(18)28-15-20(27)14-23-13-12-17-6-9-19(26)10-7-17/h2-11,20,23,26-27H,12-15H2,1H3/b11-8-. The highest BCUT2D eigenvalue weighted by Gasteiger charge is 2.07. The fourth-order valence-corrected chi connectivity index (χ4v) is 3.30. The molecule has 0 aliphatic heterocycles. The van der Waals surface area contributed by atoms with Crippen LogP contribution in [0, 0.1) is 6.92 Å². The Labute approximate surface area is 174 Å². The lowest BCUT2D eigenvalue weighted by Gasteiger charge is -2.14. The quantitative estimate of drug-likeness (QED) is 0.444. The van der Waals surface area contributed by atoms with Crippen LogP contribution < -0.4 is 10.1 Å². The first-order valence-electron chi connectivity index (χ1n) is 9.47. The summed E-state index contributed by atoms with van der Waals surface area (Å²) in [7, 11) is 0. The van der Waals surface area contributed by atoms with Gasteiger partial charge >= 0.3 is 0 Å². The van der Waals surface area contributed by atoms with Gasteiger partial charge in [-0.3, -0.25) is 0 Å². The van der Waals surface area contributed by atoms with E-state index in [1.165, 1.54) is 11.3 Å². The van der Waals surface area contributed by atoms with Crippen molar-refractivity contribution < 1.29 is 14.9 Å². The summed E-state index contributed by atoms with van der Waals surface area (Å²) in [6.07, 6.45) is 4.07. The largest absolute Gasteiger partial charge is 0.508 e. The molecule has 0 amide bonds. The molecule has 1 atom stereocenters. The van der Waals surface area contributed by atoms with E-state index < -0.39 is 6.10 Å². The third-order valence-corrected chi connectivity index (χ3v) is 5.01. The number of phenolic OH excluding ortho intramolecular Hbond substituents is 1. The number of hydrogen-bond donors (Lipinski definition) is 3. The normalized spacial score (nSPS) is 12.3. The van der Waals surface area contributed by atoms with Gasteiger partial charge in [-0.1, -0.05) is 41.7 Å². The molecule has 1 unspecified atom stereocenters. The molecule has 7 heteroatoms. The molecule has 0 spiro atoms. The zero-order chi connectivity index (χ0) is 20.5. The van der Waals surface area contributed by atoms with Gasteiger partial charge in [0.05, 0.1) is 0 Å². The molecule has 0 radical (unpaired) electrons. The Morgan fingerprint density at radius 3 is 2.66 bits per heavy atom. The van der Waals surface area contributed by atoms with Crippen molar-refractivity contribution in [3.8, 4) is 11.5 Å². The van der Waals surface area contributed by atoms with Crippen LogP contribution in [0.1, 0.15) is 21.1 Å². The molecule has 1 heterocycles. The number of rotatable bonds is 10. The van der Waals surface area contributed by atoms with Gasteiger partial charge in [0.2, 0.25) is 0 Å². The number of nitrogens with one attached hydrogen (secondary N) is 1. The summed E-state index contributed by atoms with van der Waals surface area (Å²) < 4.78 is 5.82. The molecule has 1 aromatic heterocycles. The molecule has 3 aromatic rings. The average molecular weight is 412 g/mol. The maximum absolute atomic E-state index is 10.2. The molecule has 0 fully saturated rings. The van der Waals surface area contributed by atoms with E-state index in [9.17, 15) is 10.2 Å². The van der Waals surface area contributed by atoms with Gasteiger partial charge in [0.15, 0.2) is 0 Å². The maximum Gasteiger partial charge on any atom is 0.140 e. The minimum atomic E-state index is -0.613. The topological polar surface area (TPSA) is 87.5 Å². The highest BCUT2D eigenvalue weighted by Crippen LogP contribution is 2.21. The molecule has 29 heavy (non-hydrogen) atoms. The second-order valence-corrected chi connectivity index (χ2v) is 7.83. The van der Waals surface area contributed by atoms with Crippen LogP contribution in [0.5, 0.6) is 11.5 Å². The van der Waals surface area contributed by atoms with Crippen molar-refractivity contribution in [1.82, 2.24) is 15.5 Å². The zero-order valence-corrected chi connectivity index (χ0v) is 17.1. The third-order valence-electron chi connectivity index (χ3n) is 4.20. The van der Waals surface area contributed by atoms with Gasteiger partial charge in [-0.2, -0.15) is 0 Å². The predicted molar refractivity (Wildman–Crippen MR) is 116 cm³/mol. The molecule has 2 aromatic carbocycles. The van der Waals surface area contributed by atoms with E-state index in [0.29, 0.717) is 12.3 Å². The fraction of sp³-hybridized carbons (Fsp3) is 0.273. The first kappa shape index (κ1) is 21.0. The first-order valence-corrected chi connectivity index (χ1v) is 10.3. The van der Waals surface area contributed by atoms with Crippen LogP contribution in [-0.4, -0.2) is 46.2 Å². The minimum absolute atomic E-state index is 0.203. The van der Waals surface area contributed by atoms with E-state index in [0.717, 1.165) is 34.1 Å². The molecule has 6 nitrogen and oxygen atoms in total. The van der Waals surface area contributed by atoms with Crippen LogP contribution in [0.3, 0.4) is 0 Å². The number of para-hydroxylation sites is 1. The van der Waals surface area contributed by atoms with E-state index in [2.05, 4.69) is 15.5 Å². The van der Waals surface area contributed by atoms with Crippen molar-refractivity contribution in [2.75, 3.05) is 19.7 Å². The summed E-state index contributed by atoms with van der Waals surface area (Å²) in [5.74, 6) is 0.982. The molecule has 0 saturated carbocycles. The van der Waals surface area contributed by atoms with Crippen molar-refractivity contribution in [2.45, 2.75) is 19.4 Å². The van der Waals surface area contributed by atoms with Gasteiger partial charge in [-0.25, -0.2) is 0 Å². The molecule has 3 N–H and O–H groups in total. The Morgan fingerprint density at radius 1 is 1.10 bits per heavy atom. The highest BCUT2D eigenvalue weighted by molar-refractivity contribution is 7.12. The summed E-state index contributed by atoms with van der Waals surface area (Å²) in [5.41, 5.74) is 2.06. The number of aliphatic hydroxyl groups is 1. The van der Waals surface area contributed by atoms with Crippen molar-refractivity contribution in [3.05, 3.63) is 69.7 Å². The minimum Gasteiger partial charge on any atom is -0.508 e. The predicted octanol–water partition coefficient (Wildman–Crippen LogP) is 3.29. The van der Waals surface area contributed by atoms with Crippen LogP contribution in [-0.2, 0) is 6.42 Å². The van der Waals surface area contributed by atoms with Crippen molar-refractivity contribution in [1.29, 1.82) is 0 Å². The number of benzene rings is 2. The fourth-order valence-electron chi connectivity index (χ4n) is 2.70. The van der Waals surface area contributed by atoms with Crippen molar-refractivity contribution in [3.63, 3.8) is 0 Å². The Hall–Kier alpha value is -2.74. The van der Waals surface area contributed by atoms with Crippen LogP contribution >= 0.6 is 11.3 Å². The first-order chi connectivity index (χ1) is 14.1. The number of ether oxygens (including phenoxy) is 1. The molecule has 0 aliphatic carbocycles. The van der Waals surface area contributed by atoms with Crippen molar-refractivity contribution >= 4 is 23.5 Å². The number of aromatic nitrogens is 2. The summed E-state index contributed by atoms with van der Waals surface area (Å²) in [6.45, 7) is 3.31. The molecular formula is C22H25N3O3S. The van der Waals surface area contributed by atoms with E-state index >= 15 is 0 Å². The Bertz CT molecular complexity index is 925.